The molecule has 1 aliphatic rings. The molecule has 0 aromatic rings. The van der Waals surface area contributed by atoms with Crippen LogP contribution in [-0.2, 0) is 19.6 Å². The van der Waals surface area contributed by atoms with Crippen LogP contribution in [0, 0.1) is 0 Å². The molecule has 1 atom stereocenters. The fraction of sp³-hybridized carbons (Fsp3) is 0.889. The molecule has 0 aliphatic carbocycles. The minimum atomic E-state index is -3.44. The molecule has 1 fully saturated rings. The van der Waals surface area contributed by atoms with Crippen molar-refractivity contribution in [2.75, 3.05) is 32.1 Å². The van der Waals surface area contributed by atoms with Crippen LogP contribution in [0.15, 0.2) is 0 Å². The summed E-state index contributed by atoms with van der Waals surface area (Å²) in [4.78, 5) is 10.3. The van der Waals surface area contributed by atoms with Crippen LogP contribution in [0.1, 0.15) is 12.8 Å². The standard InChI is InChI=1S/C9H17NO6S/c11-7-8-6-10(3-4-16-8)17(14,15)5-1-2-9(12)13/h8,11H,1-7H2,(H,12,13). The van der Waals surface area contributed by atoms with Crippen LogP contribution < -0.4 is 0 Å². The second kappa shape index (κ2) is 6.29. The van der Waals surface area contributed by atoms with Crippen molar-refractivity contribution in [3.63, 3.8) is 0 Å². The highest BCUT2D eigenvalue weighted by molar-refractivity contribution is 7.89. The van der Waals surface area contributed by atoms with Crippen molar-refractivity contribution in [1.82, 2.24) is 4.31 Å². The van der Waals surface area contributed by atoms with Gasteiger partial charge in [0, 0.05) is 19.5 Å². The van der Waals surface area contributed by atoms with Crippen LogP contribution in [-0.4, -0.2) is 67.1 Å². The highest BCUT2D eigenvalue weighted by Crippen LogP contribution is 2.11. The summed E-state index contributed by atoms with van der Waals surface area (Å²) in [6.07, 6.45) is -0.552. The third-order valence-corrected chi connectivity index (χ3v) is 4.41. The Bertz CT molecular complexity index is 354. The summed E-state index contributed by atoms with van der Waals surface area (Å²) in [5, 5.41) is 17.3. The van der Waals surface area contributed by atoms with Gasteiger partial charge in [0.2, 0.25) is 10.0 Å². The maximum absolute atomic E-state index is 11.8. The summed E-state index contributed by atoms with van der Waals surface area (Å²) in [5.74, 6) is -1.19. The van der Waals surface area contributed by atoms with Gasteiger partial charge in [-0.3, -0.25) is 4.79 Å². The lowest BCUT2D eigenvalue weighted by atomic mass is 10.3. The Hall–Kier alpha value is -0.700. The summed E-state index contributed by atoms with van der Waals surface area (Å²) in [7, 11) is -3.44. The fourth-order valence-electron chi connectivity index (χ4n) is 1.59. The lowest BCUT2D eigenvalue weighted by molar-refractivity contribution is -0.137. The molecule has 100 valence electrons. The van der Waals surface area contributed by atoms with Crippen molar-refractivity contribution >= 4 is 16.0 Å². The molecule has 0 amide bonds. The van der Waals surface area contributed by atoms with Crippen LogP contribution in [0.3, 0.4) is 0 Å². The first-order chi connectivity index (χ1) is 7.95. The minimum absolute atomic E-state index is 0.0960. The van der Waals surface area contributed by atoms with Crippen LogP contribution in [0.4, 0.5) is 0 Å². The van der Waals surface area contributed by atoms with Crippen molar-refractivity contribution in [1.29, 1.82) is 0 Å². The summed E-state index contributed by atoms with van der Waals surface area (Å²) in [6, 6.07) is 0. The number of sulfonamides is 1. The van der Waals surface area contributed by atoms with E-state index in [1.54, 1.807) is 0 Å². The highest BCUT2D eigenvalue weighted by atomic mass is 32.2. The molecule has 1 heterocycles. The third-order valence-electron chi connectivity index (χ3n) is 2.49. The monoisotopic (exact) mass is 267 g/mol. The maximum Gasteiger partial charge on any atom is 0.303 e. The molecule has 1 rings (SSSR count). The number of aliphatic carboxylic acids is 1. The van der Waals surface area contributed by atoms with E-state index in [0.717, 1.165) is 0 Å². The highest BCUT2D eigenvalue weighted by Gasteiger charge is 2.28. The molecule has 1 unspecified atom stereocenters. The normalized spacial score (nSPS) is 22.5. The van der Waals surface area contributed by atoms with Crippen LogP contribution in [0.5, 0.6) is 0 Å². The Morgan fingerprint density at radius 2 is 2.18 bits per heavy atom. The van der Waals surface area contributed by atoms with E-state index in [-0.39, 0.29) is 44.9 Å². The average Bonchev–Trinajstić information content (AvgIpc) is 2.28. The van der Waals surface area contributed by atoms with E-state index in [2.05, 4.69) is 0 Å². The first-order valence-corrected chi connectivity index (χ1v) is 6.98. The molecule has 2 N–H and O–H groups in total. The number of hydrogen-bond donors (Lipinski definition) is 2. The quantitative estimate of drug-likeness (QED) is 0.631. The summed E-state index contributed by atoms with van der Waals surface area (Å²) in [5.41, 5.74) is 0. The van der Waals surface area contributed by atoms with E-state index in [1.165, 1.54) is 4.31 Å². The molecule has 0 radical (unpaired) electrons. The van der Waals surface area contributed by atoms with Gasteiger partial charge in [0.15, 0.2) is 0 Å². The van der Waals surface area contributed by atoms with Gasteiger partial charge in [-0.15, -0.1) is 0 Å². The molecule has 17 heavy (non-hydrogen) atoms. The number of aliphatic hydroxyl groups is 1. The second-order valence-electron chi connectivity index (χ2n) is 3.85. The molecule has 0 saturated carbocycles. The zero-order valence-electron chi connectivity index (χ0n) is 9.41. The van der Waals surface area contributed by atoms with Gasteiger partial charge in [-0.25, -0.2) is 8.42 Å². The number of hydrogen-bond acceptors (Lipinski definition) is 5. The molecular weight excluding hydrogens is 250 g/mol. The number of carboxylic acid groups (broad SMARTS) is 1. The topological polar surface area (TPSA) is 104 Å². The number of nitrogens with zero attached hydrogens (tertiary/aromatic N) is 1. The zero-order valence-corrected chi connectivity index (χ0v) is 10.2. The number of rotatable bonds is 6. The Morgan fingerprint density at radius 3 is 2.76 bits per heavy atom. The van der Waals surface area contributed by atoms with Gasteiger partial charge in [0.25, 0.3) is 0 Å². The Labute approximate surface area is 100 Å². The van der Waals surface area contributed by atoms with Gasteiger partial charge in [0.05, 0.1) is 25.1 Å². The number of carboxylic acids is 1. The second-order valence-corrected chi connectivity index (χ2v) is 5.94. The van der Waals surface area contributed by atoms with Crippen molar-refractivity contribution < 1.29 is 28.2 Å². The molecule has 0 aromatic heterocycles. The van der Waals surface area contributed by atoms with Crippen molar-refractivity contribution in [2.24, 2.45) is 0 Å². The predicted molar refractivity (Wildman–Crippen MR) is 59.1 cm³/mol. The van der Waals surface area contributed by atoms with Gasteiger partial charge in [-0.1, -0.05) is 0 Å². The number of morpholine rings is 1. The molecule has 1 saturated heterocycles. The lowest BCUT2D eigenvalue weighted by Gasteiger charge is -2.31. The molecule has 7 nitrogen and oxygen atoms in total. The zero-order chi connectivity index (χ0) is 12.9. The van der Waals surface area contributed by atoms with Crippen molar-refractivity contribution in [3.05, 3.63) is 0 Å². The van der Waals surface area contributed by atoms with E-state index in [0.29, 0.717) is 0 Å². The Kier molecular flexibility index (Phi) is 5.31. The Morgan fingerprint density at radius 1 is 1.47 bits per heavy atom. The number of carbonyl (C=O) groups is 1. The third kappa shape index (κ3) is 4.58. The smallest absolute Gasteiger partial charge is 0.303 e. The number of ether oxygens (including phenoxy) is 1. The largest absolute Gasteiger partial charge is 0.481 e. The van der Waals surface area contributed by atoms with Gasteiger partial charge >= 0.3 is 5.97 Å². The van der Waals surface area contributed by atoms with Gasteiger partial charge in [0.1, 0.15) is 0 Å². The van der Waals surface area contributed by atoms with Crippen molar-refractivity contribution in [2.45, 2.75) is 18.9 Å². The van der Waals surface area contributed by atoms with Gasteiger partial charge in [-0.2, -0.15) is 4.31 Å². The first-order valence-electron chi connectivity index (χ1n) is 5.38. The van der Waals surface area contributed by atoms with Gasteiger partial charge in [-0.05, 0) is 6.42 Å². The van der Waals surface area contributed by atoms with Gasteiger partial charge < -0.3 is 14.9 Å². The van der Waals surface area contributed by atoms with Crippen LogP contribution >= 0.6 is 0 Å². The first kappa shape index (κ1) is 14.4. The van der Waals surface area contributed by atoms with Crippen molar-refractivity contribution in [3.8, 4) is 0 Å². The number of aliphatic hydroxyl groups excluding tert-OH is 1. The molecule has 1 aliphatic heterocycles. The molecular formula is C9H17NO6S. The average molecular weight is 267 g/mol. The lowest BCUT2D eigenvalue weighted by Crippen LogP contribution is -2.47. The van der Waals surface area contributed by atoms with E-state index in [9.17, 15) is 13.2 Å². The SMILES string of the molecule is O=C(O)CCCS(=O)(=O)N1CCOC(CO)C1. The van der Waals surface area contributed by atoms with E-state index >= 15 is 0 Å². The molecule has 0 aromatic carbocycles. The molecule has 0 bridgehead atoms. The van der Waals surface area contributed by atoms with E-state index in [1.807, 2.05) is 0 Å². The molecule has 8 heteroatoms. The minimum Gasteiger partial charge on any atom is -0.481 e. The van der Waals surface area contributed by atoms with Crippen LogP contribution in [0.25, 0.3) is 0 Å². The summed E-state index contributed by atoms with van der Waals surface area (Å²) >= 11 is 0. The van der Waals surface area contributed by atoms with E-state index in [4.69, 9.17) is 14.9 Å². The van der Waals surface area contributed by atoms with Crippen LogP contribution in [0.2, 0.25) is 0 Å². The fourth-order valence-corrected chi connectivity index (χ4v) is 3.10. The summed E-state index contributed by atoms with van der Waals surface area (Å²) < 4.78 is 30.0. The summed E-state index contributed by atoms with van der Waals surface area (Å²) in [6.45, 7) is 0.419. The molecule has 0 spiro atoms. The van der Waals surface area contributed by atoms with E-state index < -0.39 is 22.1 Å². The Balaban J connectivity index is 2.48. The maximum atomic E-state index is 11.8. The predicted octanol–water partition coefficient (Wildman–Crippen LogP) is -1.13.